The minimum absolute atomic E-state index is 0.00598. The molecule has 0 saturated carbocycles. The first-order chi connectivity index (χ1) is 23.0. The number of rotatable bonds is 6. The van der Waals surface area contributed by atoms with Crippen LogP contribution in [0.25, 0.3) is 0 Å². The molecule has 0 aliphatic carbocycles. The van der Waals surface area contributed by atoms with E-state index >= 15 is 0 Å². The minimum atomic E-state index is -0.584. The molecule has 0 radical (unpaired) electrons. The molecule has 3 N–H and O–H groups in total. The fraction of sp³-hybridized carbons (Fsp3) is 0.417. The number of fused-ring (bicyclic) bond motifs is 9. The lowest BCUT2D eigenvalue weighted by Crippen LogP contribution is -2.68. The van der Waals surface area contributed by atoms with Gasteiger partial charge in [0.15, 0.2) is 23.0 Å². The number of phenolic OH excluding ortho intramolecular Hbond substituents is 2. The number of hydrogen-bond donors (Lipinski definition) is 3. The summed E-state index contributed by atoms with van der Waals surface area (Å²) in [5.74, 6) is 1.29. The highest BCUT2D eigenvalue weighted by Crippen LogP contribution is 2.58. The Hall–Kier alpha value is -4.99. The van der Waals surface area contributed by atoms with Gasteiger partial charge in [-0.3, -0.25) is 19.4 Å². The lowest BCUT2D eigenvalue weighted by Gasteiger charge is -2.60. The van der Waals surface area contributed by atoms with Crippen molar-refractivity contribution in [3.05, 3.63) is 69.3 Å². The summed E-state index contributed by atoms with van der Waals surface area (Å²) in [6.45, 7) is 5.13. The maximum Gasteiger partial charge on any atom is 0.308 e. The van der Waals surface area contributed by atoms with E-state index in [0.29, 0.717) is 52.5 Å². The molecule has 7 rings (SSSR count). The summed E-state index contributed by atoms with van der Waals surface area (Å²) in [6, 6.07) is 9.31. The van der Waals surface area contributed by atoms with Crippen LogP contribution in [0.4, 0.5) is 0 Å². The van der Waals surface area contributed by atoms with E-state index in [0.717, 1.165) is 22.3 Å². The summed E-state index contributed by atoms with van der Waals surface area (Å²) in [4.78, 5) is 29.0. The molecule has 2 bridgehead atoms. The van der Waals surface area contributed by atoms with Crippen molar-refractivity contribution in [1.29, 1.82) is 5.26 Å². The normalized spacial score (nSPS) is 23.7. The zero-order valence-electron chi connectivity index (χ0n) is 27.5. The highest BCUT2D eigenvalue weighted by molar-refractivity contribution is 5.79. The Morgan fingerprint density at radius 1 is 1.06 bits per heavy atom. The average molecular weight is 655 g/mol. The third-order valence-electron chi connectivity index (χ3n) is 10.3. The van der Waals surface area contributed by atoms with Crippen molar-refractivity contribution in [2.45, 2.75) is 70.2 Å². The van der Waals surface area contributed by atoms with Gasteiger partial charge < -0.3 is 34.5 Å². The summed E-state index contributed by atoms with van der Waals surface area (Å²) >= 11 is 0. The molecule has 1 fully saturated rings. The van der Waals surface area contributed by atoms with Crippen LogP contribution in [-0.4, -0.2) is 77.5 Å². The fourth-order valence-electron chi connectivity index (χ4n) is 8.34. The summed E-state index contributed by atoms with van der Waals surface area (Å²) in [5, 5.41) is 37.1. The van der Waals surface area contributed by atoms with E-state index in [-0.39, 0.29) is 55.3 Å². The Bertz CT molecular complexity index is 1870. The second-order valence-electron chi connectivity index (χ2n) is 13.0. The fourth-order valence-corrected chi connectivity index (χ4v) is 8.34. The van der Waals surface area contributed by atoms with Crippen molar-refractivity contribution in [2.24, 2.45) is 0 Å². The lowest BCUT2D eigenvalue weighted by molar-refractivity contribution is -0.132. The zero-order chi connectivity index (χ0) is 34.0. The van der Waals surface area contributed by atoms with Crippen LogP contribution in [0.1, 0.15) is 58.0 Å². The predicted octanol–water partition coefficient (Wildman–Crippen LogP) is 3.51. The number of carbonyl (C=O) groups is 2. The smallest absolute Gasteiger partial charge is 0.308 e. The molecule has 1 amide bonds. The first-order valence-corrected chi connectivity index (χ1v) is 16.0. The molecule has 48 heavy (non-hydrogen) atoms. The van der Waals surface area contributed by atoms with Gasteiger partial charge in [-0.2, -0.15) is 5.26 Å². The molecule has 12 heteroatoms. The van der Waals surface area contributed by atoms with E-state index < -0.39 is 18.1 Å². The molecular formula is C36H38N4O8. The molecule has 4 aliphatic heterocycles. The summed E-state index contributed by atoms with van der Waals surface area (Å²) in [6.07, 6.45) is 0.983. The predicted molar refractivity (Wildman–Crippen MR) is 172 cm³/mol. The number of methoxy groups -OCH3 is 1. The number of ether oxygens (including phenoxy) is 4. The first-order valence-electron chi connectivity index (χ1n) is 16.0. The highest BCUT2D eigenvalue weighted by atomic mass is 16.7. The van der Waals surface area contributed by atoms with E-state index in [1.54, 1.807) is 31.2 Å². The van der Waals surface area contributed by atoms with Crippen LogP contribution in [-0.2, 0) is 28.9 Å². The first kappa shape index (κ1) is 31.6. The van der Waals surface area contributed by atoms with Gasteiger partial charge in [-0.25, -0.2) is 0 Å². The standard InChI is InChI=1S/C36H38N4O8/c1-17-10-21-12-24-26(14-37)40-25(31(39(24)4)29(21)33(44)34(17)45-5)13-23-30(36-35(46-16-47-36)18(2)32(23)43)27(40)15-38-28(42)11-20-6-8-22(9-7-20)48-19(3)41/h6-10,24-27,31,43-44H,11-13,15-16H2,1-5H3,(H,38,42)/t24-,25+,26+,27+,31+/m1/s1. The second kappa shape index (κ2) is 11.9. The van der Waals surface area contributed by atoms with Crippen LogP contribution in [0.3, 0.4) is 0 Å². The number of benzene rings is 3. The number of piperazine rings is 1. The number of nitrogens with zero attached hydrogens (tertiary/aromatic N) is 3. The number of hydrogen-bond acceptors (Lipinski definition) is 11. The summed E-state index contributed by atoms with van der Waals surface area (Å²) < 4.78 is 22.6. The highest BCUT2D eigenvalue weighted by Gasteiger charge is 2.56. The van der Waals surface area contributed by atoms with Crippen molar-refractivity contribution in [3.63, 3.8) is 0 Å². The molecule has 0 spiro atoms. The van der Waals surface area contributed by atoms with Gasteiger partial charge in [-0.15, -0.1) is 0 Å². The lowest BCUT2D eigenvalue weighted by atomic mass is 9.71. The van der Waals surface area contributed by atoms with Gasteiger partial charge in [0.1, 0.15) is 17.5 Å². The van der Waals surface area contributed by atoms with Crippen LogP contribution in [0.15, 0.2) is 30.3 Å². The number of phenols is 2. The van der Waals surface area contributed by atoms with Gasteiger partial charge in [-0.05, 0) is 62.6 Å². The topological polar surface area (TPSA) is 154 Å². The maximum atomic E-state index is 13.4. The molecule has 0 aromatic heterocycles. The number of nitrogens with one attached hydrogen (secondary N) is 1. The van der Waals surface area contributed by atoms with Gasteiger partial charge >= 0.3 is 5.97 Å². The molecule has 3 aromatic carbocycles. The van der Waals surface area contributed by atoms with Gasteiger partial charge in [0.2, 0.25) is 12.7 Å². The Morgan fingerprint density at radius 2 is 1.79 bits per heavy atom. The second-order valence-corrected chi connectivity index (χ2v) is 13.0. The molecule has 250 valence electrons. The van der Waals surface area contributed by atoms with E-state index in [2.05, 4.69) is 21.2 Å². The average Bonchev–Trinajstić information content (AvgIpc) is 3.54. The van der Waals surface area contributed by atoms with Gasteiger partial charge in [0, 0.05) is 47.8 Å². The third kappa shape index (κ3) is 4.88. The number of carbonyl (C=O) groups excluding carboxylic acids is 2. The van der Waals surface area contributed by atoms with Crippen LogP contribution in [0.5, 0.6) is 34.5 Å². The Labute approximate surface area is 278 Å². The molecule has 0 unspecified atom stereocenters. The van der Waals surface area contributed by atoms with E-state index in [1.807, 2.05) is 20.0 Å². The molecule has 12 nitrogen and oxygen atoms in total. The van der Waals surface area contributed by atoms with Crippen molar-refractivity contribution < 1.29 is 38.7 Å². The van der Waals surface area contributed by atoms with Gasteiger partial charge in [0.25, 0.3) is 0 Å². The van der Waals surface area contributed by atoms with Crippen molar-refractivity contribution in [2.75, 3.05) is 27.5 Å². The van der Waals surface area contributed by atoms with Crippen LogP contribution < -0.4 is 24.3 Å². The van der Waals surface area contributed by atoms with E-state index in [9.17, 15) is 25.1 Å². The van der Waals surface area contributed by atoms with Crippen LogP contribution in [0, 0.1) is 25.2 Å². The zero-order valence-corrected chi connectivity index (χ0v) is 27.5. The van der Waals surface area contributed by atoms with Gasteiger partial charge in [-0.1, -0.05) is 18.2 Å². The number of aromatic hydroxyl groups is 2. The SMILES string of the molecule is COc1c(C)cc2c(c1O)[C@@H]1[C@@H]3Cc4c(O)c(C)c5c(c4[C@H](CNC(=O)Cc4ccc(OC(C)=O)cc4)N3[C@@H](C#N)[C@@H](C2)N1C)OCO5. The van der Waals surface area contributed by atoms with Crippen LogP contribution >= 0.6 is 0 Å². The Kier molecular flexibility index (Phi) is 7.84. The molecular weight excluding hydrogens is 616 g/mol. The number of amides is 1. The number of esters is 1. The monoisotopic (exact) mass is 654 g/mol. The third-order valence-corrected chi connectivity index (χ3v) is 10.3. The van der Waals surface area contributed by atoms with E-state index in [4.69, 9.17) is 18.9 Å². The summed E-state index contributed by atoms with van der Waals surface area (Å²) in [7, 11) is 3.52. The molecule has 1 saturated heterocycles. The molecule has 4 heterocycles. The Balaban J connectivity index is 1.30. The van der Waals surface area contributed by atoms with Crippen molar-refractivity contribution in [3.8, 4) is 40.6 Å². The minimum Gasteiger partial charge on any atom is -0.507 e. The summed E-state index contributed by atoms with van der Waals surface area (Å²) in [5.41, 5.74) is 5.21. The van der Waals surface area contributed by atoms with Crippen molar-refractivity contribution >= 4 is 11.9 Å². The maximum absolute atomic E-state index is 13.4. The molecule has 3 aromatic rings. The largest absolute Gasteiger partial charge is 0.507 e. The van der Waals surface area contributed by atoms with E-state index in [1.165, 1.54) is 14.0 Å². The number of nitriles is 1. The number of aryl methyl sites for hydroxylation is 1. The quantitative estimate of drug-likeness (QED) is 0.264. The molecule has 4 aliphatic rings. The Morgan fingerprint density at radius 3 is 2.48 bits per heavy atom. The van der Waals surface area contributed by atoms with Crippen molar-refractivity contribution in [1.82, 2.24) is 15.1 Å². The molecule has 5 atom stereocenters. The number of likely N-dealkylation sites (N-methyl/N-ethyl adjacent to an activating group) is 1. The van der Waals surface area contributed by atoms with Crippen LogP contribution in [0.2, 0.25) is 0 Å². The van der Waals surface area contributed by atoms with Gasteiger partial charge in [0.05, 0.1) is 31.7 Å².